The molecule has 1 aliphatic carbocycles. The quantitative estimate of drug-likeness (QED) is 0.122. The minimum atomic E-state index is -0.311. The number of benzene rings is 8. The van der Waals surface area contributed by atoms with Gasteiger partial charge in [-0.2, -0.15) is 30.0 Å². The number of amidine groups is 3. The molecule has 1 atom stereocenters. The average Bonchev–Trinajstić information content (AvgIpc) is 3.61. The summed E-state index contributed by atoms with van der Waals surface area (Å²) < 4.78 is 0. The normalized spacial score (nSPS) is 16.3. The van der Waals surface area contributed by atoms with Gasteiger partial charge in [-0.15, -0.1) is 0 Å². The Morgan fingerprint density at radius 2 is 0.602 bits per heavy atom. The summed E-state index contributed by atoms with van der Waals surface area (Å²) >= 11 is 0. The van der Waals surface area contributed by atoms with E-state index in [2.05, 4.69) is 281 Å². The molecular weight excluding hydrogens is 1020 g/mol. The van der Waals surface area contributed by atoms with Crippen LogP contribution >= 0.6 is 0 Å². The van der Waals surface area contributed by atoms with Crippen LogP contribution in [-0.4, -0.2) is 45.8 Å². The molecule has 0 spiro atoms. The highest BCUT2D eigenvalue weighted by Crippen LogP contribution is 2.43. The van der Waals surface area contributed by atoms with Crippen molar-refractivity contribution in [3.8, 4) is 0 Å². The van der Waals surface area contributed by atoms with E-state index in [4.69, 9.17) is 30.0 Å². The molecule has 0 N–H and O–H groups in total. The molecule has 0 fully saturated rings. The summed E-state index contributed by atoms with van der Waals surface area (Å²) in [7, 11) is 0. The van der Waals surface area contributed by atoms with Crippen LogP contribution in [-0.2, 0) is 0 Å². The number of allylic oxidation sites excluding steroid dienone is 2. The molecule has 0 bridgehead atoms. The second-order valence-electron chi connectivity index (χ2n) is 23.7. The maximum atomic E-state index is 5.21. The van der Waals surface area contributed by atoms with Gasteiger partial charge in [-0.05, 0) is 286 Å². The fourth-order valence-corrected chi connectivity index (χ4v) is 12.7. The fraction of sp³-hybridized carbons (Fsp3) is 0.205. The van der Waals surface area contributed by atoms with E-state index >= 15 is 0 Å². The van der Waals surface area contributed by atoms with E-state index in [-0.39, 0.29) is 5.54 Å². The number of aliphatic imine (C=N–C) groups is 6. The number of hydrogen-bond acceptors (Lipinski definition) is 10. The molecule has 0 saturated carbocycles. The predicted octanol–water partition coefficient (Wildman–Crippen LogP) is 18.0. The second kappa shape index (κ2) is 21.4. The predicted molar refractivity (Wildman–Crippen MR) is 349 cm³/mol. The highest BCUT2D eigenvalue weighted by molar-refractivity contribution is 6.34. The molecule has 3 aliphatic heterocycles. The highest BCUT2D eigenvalue weighted by Gasteiger charge is 2.37. The van der Waals surface area contributed by atoms with Crippen molar-refractivity contribution >= 4 is 80.9 Å². The third-order valence-electron chi connectivity index (χ3n) is 15.5. The second-order valence-corrected chi connectivity index (χ2v) is 23.7. The van der Waals surface area contributed by atoms with E-state index in [0.717, 1.165) is 68.6 Å². The summed E-state index contributed by atoms with van der Waals surface area (Å²) in [6, 6.07) is 59.1. The van der Waals surface area contributed by atoms with Gasteiger partial charge in [-0.3, -0.25) is 0 Å². The summed E-state index contributed by atoms with van der Waals surface area (Å²) in [5.74, 6) is 2.62. The lowest BCUT2D eigenvalue weighted by Gasteiger charge is -2.43. The first-order valence-electron chi connectivity index (χ1n) is 28.6. The number of rotatable bonds is 12. The number of aryl methyl sites for hydroxylation is 10. The van der Waals surface area contributed by atoms with Crippen LogP contribution in [0.2, 0.25) is 0 Å². The van der Waals surface area contributed by atoms with E-state index < -0.39 is 0 Å². The molecule has 10 nitrogen and oxygen atoms in total. The topological polar surface area (TPSA) is 87.1 Å². The number of anilines is 8. The van der Waals surface area contributed by atoms with Crippen molar-refractivity contribution in [3.05, 3.63) is 259 Å². The lowest BCUT2D eigenvalue weighted by Crippen LogP contribution is -2.48. The summed E-state index contributed by atoms with van der Waals surface area (Å²) in [5, 5.41) is 0. The molecule has 10 heteroatoms. The fourth-order valence-electron chi connectivity index (χ4n) is 12.7. The molecule has 412 valence electrons. The lowest BCUT2D eigenvalue weighted by molar-refractivity contribution is 0.550. The zero-order valence-corrected chi connectivity index (χ0v) is 49.9. The van der Waals surface area contributed by atoms with E-state index in [9.17, 15) is 0 Å². The van der Waals surface area contributed by atoms with E-state index in [1.807, 2.05) is 0 Å². The Balaban J connectivity index is 0.960. The monoisotopic (exact) mass is 1090 g/mol. The molecule has 12 rings (SSSR count). The van der Waals surface area contributed by atoms with Gasteiger partial charge < -0.3 is 14.7 Å². The van der Waals surface area contributed by atoms with Crippen molar-refractivity contribution in [2.24, 2.45) is 30.0 Å². The molecular formula is C73H70N10. The Kier molecular flexibility index (Phi) is 13.9. The Morgan fingerprint density at radius 1 is 0.325 bits per heavy atom. The number of nitrogens with zero attached hydrogens (tertiary/aromatic N) is 10. The third-order valence-corrected chi connectivity index (χ3v) is 15.5. The van der Waals surface area contributed by atoms with Crippen molar-refractivity contribution in [3.63, 3.8) is 0 Å². The number of guanidine groups is 3. The first-order valence-corrected chi connectivity index (χ1v) is 28.6. The van der Waals surface area contributed by atoms with Gasteiger partial charge in [-0.1, -0.05) is 53.6 Å². The van der Waals surface area contributed by atoms with Crippen molar-refractivity contribution in [1.82, 2.24) is 4.90 Å². The van der Waals surface area contributed by atoms with Gasteiger partial charge in [0.25, 0.3) is 0 Å². The maximum absolute atomic E-state index is 5.21. The maximum Gasteiger partial charge on any atom is 0.243 e. The van der Waals surface area contributed by atoms with E-state index in [1.54, 1.807) is 4.90 Å². The first-order chi connectivity index (χ1) is 39.8. The van der Waals surface area contributed by atoms with Crippen LogP contribution in [0.3, 0.4) is 0 Å². The Bertz CT molecular complexity index is 3850. The van der Waals surface area contributed by atoms with Gasteiger partial charge in [0.2, 0.25) is 17.9 Å². The smallest absolute Gasteiger partial charge is 0.243 e. The molecule has 3 heterocycles. The van der Waals surface area contributed by atoms with Crippen molar-refractivity contribution < 1.29 is 0 Å². The molecule has 0 aromatic heterocycles. The van der Waals surface area contributed by atoms with Crippen LogP contribution in [0.5, 0.6) is 0 Å². The SMILES string of the molecule is CC1=CC(C)(N(c2ccc(C3=NC4=NC(c5ccc(N(c6cc(C)cc(C)c6)c6cc(C)cc(C)c6)cc5)=NC5=NC(c6ccc(N(c7cc(C)cc(C)c7)c7cc(C)cc(C)c7)cc6)=NC(=N3)N54)cc2)c2cc(C)cc(C)c2)CC(C)=C1. The van der Waals surface area contributed by atoms with Crippen LogP contribution < -0.4 is 14.7 Å². The summed E-state index contributed by atoms with van der Waals surface area (Å²) in [6.07, 6.45) is 5.58. The summed E-state index contributed by atoms with van der Waals surface area (Å²) in [4.78, 5) is 40.1. The zero-order valence-electron chi connectivity index (χ0n) is 49.9. The van der Waals surface area contributed by atoms with Crippen molar-refractivity contribution in [2.75, 3.05) is 14.7 Å². The van der Waals surface area contributed by atoms with E-state index in [0.29, 0.717) is 35.4 Å². The van der Waals surface area contributed by atoms with Gasteiger partial charge in [-0.25, -0.2) is 4.90 Å². The average molecular weight is 1090 g/mol. The van der Waals surface area contributed by atoms with Crippen molar-refractivity contribution in [1.29, 1.82) is 0 Å². The molecule has 0 radical (unpaired) electrons. The van der Waals surface area contributed by atoms with Gasteiger partial charge in [0, 0.05) is 62.2 Å². The highest BCUT2D eigenvalue weighted by atomic mass is 15.5. The van der Waals surface area contributed by atoms with Crippen LogP contribution in [0.4, 0.5) is 45.5 Å². The molecule has 83 heavy (non-hydrogen) atoms. The molecule has 8 aromatic rings. The minimum absolute atomic E-state index is 0.311. The number of hydrogen-bond donors (Lipinski definition) is 0. The molecule has 8 aromatic carbocycles. The standard InChI is InChI=1S/C73H70N10/c1-44-26-45(2)33-62(32-44)80(63-34-46(3)27-47(4)35-63)59-20-14-56(15-21-59)67-74-70-75-68(57-16-22-60(23-17-57)81(64-36-48(5)28-49(6)37-64)65-38-50(7)29-51(8)39-65)77-72-79-69(78-71(76-67)82(70)72)58-18-24-61(25-19-58)83(66-40-52(9)30-53(10)41-66)73(13)42-54(11)31-55(12)43-73/h14-42H,43H2,1-13H3. The molecule has 4 aliphatic rings. The largest absolute Gasteiger partial charge is 0.332 e. The van der Waals surface area contributed by atoms with Crippen LogP contribution in [0.15, 0.2) is 217 Å². The van der Waals surface area contributed by atoms with Crippen molar-refractivity contribution in [2.45, 2.75) is 102 Å². The molecule has 0 saturated heterocycles. The van der Waals surface area contributed by atoms with Gasteiger partial charge in [0.1, 0.15) is 0 Å². The molecule has 1 unspecified atom stereocenters. The van der Waals surface area contributed by atoms with Crippen LogP contribution in [0.1, 0.15) is 99.5 Å². The van der Waals surface area contributed by atoms with Gasteiger partial charge >= 0.3 is 0 Å². The lowest BCUT2D eigenvalue weighted by atomic mass is 9.83. The van der Waals surface area contributed by atoms with Gasteiger partial charge in [0.15, 0.2) is 17.5 Å². The van der Waals surface area contributed by atoms with Gasteiger partial charge in [0.05, 0.1) is 5.54 Å². The molecule has 0 amide bonds. The zero-order chi connectivity index (χ0) is 58.0. The third kappa shape index (κ3) is 11.0. The summed E-state index contributed by atoms with van der Waals surface area (Å²) in [6.45, 7) is 28.3. The summed E-state index contributed by atoms with van der Waals surface area (Å²) in [5.41, 5.74) is 25.4. The first kappa shape index (κ1) is 54.1. The Morgan fingerprint density at radius 3 is 0.892 bits per heavy atom. The van der Waals surface area contributed by atoms with Crippen LogP contribution in [0, 0.1) is 69.2 Å². The van der Waals surface area contributed by atoms with Crippen LogP contribution in [0.25, 0.3) is 0 Å². The minimum Gasteiger partial charge on any atom is -0.332 e. The van der Waals surface area contributed by atoms with E-state index in [1.165, 1.54) is 66.8 Å². The Labute approximate surface area is 489 Å². The Hall–Kier alpha value is -9.54.